The highest BCUT2D eigenvalue weighted by Gasteiger charge is 2.22. The molecule has 0 radical (unpaired) electrons. The molecule has 2 N–H and O–H groups in total. The maximum Gasteiger partial charge on any atom is 0.337 e. The van der Waals surface area contributed by atoms with Gasteiger partial charge in [-0.05, 0) is 36.2 Å². The summed E-state index contributed by atoms with van der Waals surface area (Å²) in [5, 5.41) is 9.24. The Morgan fingerprint density at radius 3 is 2.52 bits per heavy atom. The third-order valence-corrected chi connectivity index (χ3v) is 5.51. The predicted molar refractivity (Wildman–Crippen MR) is 90.0 cm³/mol. The Hall–Kier alpha value is -1.76. The molecule has 0 spiro atoms. The van der Waals surface area contributed by atoms with Gasteiger partial charge < -0.3 is 5.11 Å². The first-order valence-corrected chi connectivity index (χ1v) is 8.83. The van der Waals surface area contributed by atoms with E-state index >= 15 is 0 Å². The minimum Gasteiger partial charge on any atom is -0.478 e. The second-order valence-corrected chi connectivity index (χ2v) is 7.13. The summed E-state index contributed by atoms with van der Waals surface area (Å²) in [5.74, 6) is -1.23. The highest BCUT2D eigenvalue weighted by molar-refractivity contribution is 7.92. The predicted octanol–water partition coefficient (Wildman–Crippen LogP) is 4.05. The Morgan fingerprint density at radius 2 is 1.91 bits per heavy atom. The standard InChI is InChI=1S/C15H13Cl2NO4S/c1-2-9-6-7-12(10(8-9)15(19)20)18-23(21,22)13-5-3-4-11(16)14(13)17/h3-8,18H,2H2,1H3,(H,19,20). The maximum atomic E-state index is 12.5. The molecular formula is C15H13Cl2NO4S. The summed E-state index contributed by atoms with van der Waals surface area (Å²) in [6, 6.07) is 8.70. The highest BCUT2D eigenvalue weighted by atomic mass is 35.5. The fourth-order valence-corrected chi connectivity index (χ4v) is 3.81. The number of benzene rings is 2. The minimum absolute atomic E-state index is 0.0363. The van der Waals surface area contributed by atoms with Crippen molar-refractivity contribution in [2.45, 2.75) is 18.2 Å². The van der Waals surface area contributed by atoms with E-state index in [4.69, 9.17) is 23.2 Å². The quantitative estimate of drug-likeness (QED) is 0.827. The minimum atomic E-state index is -4.07. The molecular weight excluding hydrogens is 361 g/mol. The van der Waals surface area contributed by atoms with Crippen LogP contribution >= 0.6 is 23.2 Å². The number of nitrogens with one attached hydrogen (secondary N) is 1. The van der Waals surface area contributed by atoms with Crippen molar-refractivity contribution >= 4 is 44.9 Å². The molecule has 0 amide bonds. The van der Waals surface area contributed by atoms with E-state index < -0.39 is 16.0 Å². The van der Waals surface area contributed by atoms with Gasteiger partial charge in [0, 0.05) is 0 Å². The molecule has 23 heavy (non-hydrogen) atoms. The molecule has 0 atom stereocenters. The smallest absolute Gasteiger partial charge is 0.337 e. The largest absolute Gasteiger partial charge is 0.478 e. The third kappa shape index (κ3) is 3.77. The van der Waals surface area contributed by atoms with Crippen LogP contribution in [0.25, 0.3) is 0 Å². The third-order valence-electron chi connectivity index (χ3n) is 3.17. The number of carbonyl (C=O) groups is 1. The first-order valence-electron chi connectivity index (χ1n) is 6.59. The molecule has 0 bridgehead atoms. The lowest BCUT2D eigenvalue weighted by Gasteiger charge is -2.13. The van der Waals surface area contributed by atoms with Crippen LogP contribution < -0.4 is 4.72 Å². The molecule has 0 aliphatic carbocycles. The molecule has 5 nitrogen and oxygen atoms in total. The van der Waals surface area contributed by atoms with Crippen molar-refractivity contribution in [1.82, 2.24) is 0 Å². The van der Waals surface area contributed by atoms with Crippen LogP contribution in [0.4, 0.5) is 5.69 Å². The summed E-state index contributed by atoms with van der Waals surface area (Å²) in [6.07, 6.45) is 0.632. The fourth-order valence-electron chi connectivity index (χ4n) is 1.97. The zero-order valence-electron chi connectivity index (χ0n) is 12.0. The monoisotopic (exact) mass is 373 g/mol. The molecule has 0 saturated heterocycles. The van der Waals surface area contributed by atoms with Crippen molar-refractivity contribution in [3.05, 3.63) is 57.6 Å². The highest BCUT2D eigenvalue weighted by Crippen LogP contribution is 2.31. The molecule has 2 rings (SSSR count). The van der Waals surface area contributed by atoms with E-state index in [0.29, 0.717) is 6.42 Å². The van der Waals surface area contributed by atoms with E-state index in [9.17, 15) is 18.3 Å². The van der Waals surface area contributed by atoms with Crippen LogP contribution in [0.3, 0.4) is 0 Å². The molecule has 122 valence electrons. The van der Waals surface area contributed by atoms with E-state index in [1.54, 1.807) is 6.07 Å². The summed E-state index contributed by atoms with van der Waals surface area (Å²) >= 11 is 11.8. The average Bonchev–Trinajstić information content (AvgIpc) is 2.49. The number of carboxylic acid groups (broad SMARTS) is 1. The topological polar surface area (TPSA) is 83.5 Å². The summed E-state index contributed by atoms with van der Waals surface area (Å²) in [7, 11) is -4.07. The van der Waals surface area contributed by atoms with Crippen molar-refractivity contribution in [2.75, 3.05) is 4.72 Å². The lowest BCUT2D eigenvalue weighted by Crippen LogP contribution is -2.16. The Balaban J connectivity index is 2.49. The van der Waals surface area contributed by atoms with Gasteiger partial charge in [-0.1, -0.05) is 42.3 Å². The second kappa shape index (κ2) is 6.78. The van der Waals surface area contributed by atoms with Crippen LogP contribution in [0.5, 0.6) is 0 Å². The first-order chi connectivity index (χ1) is 10.8. The molecule has 0 fully saturated rings. The van der Waals surface area contributed by atoms with Crippen molar-refractivity contribution in [2.24, 2.45) is 0 Å². The van der Waals surface area contributed by atoms with Crippen LogP contribution in [0.2, 0.25) is 10.0 Å². The number of halogens is 2. The summed E-state index contributed by atoms with van der Waals surface area (Å²) in [5.41, 5.74) is 0.614. The molecule has 0 unspecified atom stereocenters. The zero-order chi connectivity index (χ0) is 17.2. The Bertz CT molecular complexity index is 866. The lowest BCUT2D eigenvalue weighted by molar-refractivity contribution is 0.0698. The van der Waals surface area contributed by atoms with Crippen LogP contribution in [0, 0.1) is 0 Å². The van der Waals surface area contributed by atoms with Crippen LogP contribution in [0.15, 0.2) is 41.3 Å². The first kappa shape index (κ1) is 17.6. The van der Waals surface area contributed by atoms with Gasteiger partial charge in [0.25, 0.3) is 10.0 Å². The zero-order valence-corrected chi connectivity index (χ0v) is 14.3. The number of aryl methyl sites for hydroxylation is 1. The van der Waals surface area contributed by atoms with Gasteiger partial charge in [0.15, 0.2) is 0 Å². The molecule has 0 saturated carbocycles. The van der Waals surface area contributed by atoms with Crippen LogP contribution in [-0.2, 0) is 16.4 Å². The fraction of sp³-hybridized carbons (Fsp3) is 0.133. The van der Waals surface area contributed by atoms with Crippen LogP contribution in [0.1, 0.15) is 22.8 Å². The molecule has 2 aromatic rings. The van der Waals surface area contributed by atoms with Gasteiger partial charge in [-0.2, -0.15) is 0 Å². The van der Waals surface area contributed by atoms with Crippen molar-refractivity contribution in [3.63, 3.8) is 0 Å². The van der Waals surface area contributed by atoms with Gasteiger partial charge in [-0.15, -0.1) is 0 Å². The van der Waals surface area contributed by atoms with Gasteiger partial charge in [0.05, 0.1) is 21.3 Å². The van der Waals surface area contributed by atoms with E-state index in [-0.39, 0.29) is 26.2 Å². The van der Waals surface area contributed by atoms with Crippen molar-refractivity contribution in [3.8, 4) is 0 Å². The Morgan fingerprint density at radius 1 is 1.22 bits per heavy atom. The second-order valence-electron chi connectivity index (χ2n) is 4.70. The molecule has 0 aromatic heterocycles. The normalized spacial score (nSPS) is 11.3. The van der Waals surface area contributed by atoms with Crippen molar-refractivity contribution < 1.29 is 18.3 Å². The Kier molecular flexibility index (Phi) is 5.19. The lowest BCUT2D eigenvalue weighted by atomic mass is 10.1. The molecule has 8 heteroatoms. The average molecular weight is 374 g/mol. The number of carboxylic acids is 1. The number of hydrogen-bond acceptors (Lipinski definition) is 3. The van der Waals surface area contributed by atoms with Gasteiger partial charge in [0.1, 0.15) is 4.90 Å². The molecule has 0 heterocycles. The van der Waals surface area contributed by atoms with Crippen molar-refractivity contribution in [1.29, 1.82) is 0 Å². The summed E-state index contributed by atoms with van der Waals surface area (Å²) in [4.78, 5) is 11.1. The Labute approximate surface area is 143 Å². The van der Waals surface area contributed by atoms with Gasteiger partial charge in [0.2, 0.25) is 0 Å². The van der Waals surface area contributed by atoms with Gasteiger partial charge in [-0.3, -0.25) is 4.72 Å². The van der Waals surface area contributed by atoms with Crippen LogP contribution in [-0.4, -0.2) is 19.5 Å². The number of aromatic carboxylic acids is 1. The summed E-state index contributed by atoms with van der Waals surface area (Å²) in [6.45, 7) is 1.87. The van der Waals surface area contributed by atoms with E-state index in [1.165, 1.54) is 30.3 Å². The summed E-state index contributed by atoms with van der Waals surface area (Å²) < 4.78 is 27.2. The van der Waals surface area contributed by atoms with Gasteiger partial charge >= 0.3 is 5.97 Å². The SMILES string of the molecule is CCc1ccc(NS(=O)(=O)c2cccc(Cl)c2Cl)c(C(=O)O)c1. The van der Waals surface area contributed by atoms with E-state index in [1.807, 2.05) is 6.92 Å². The molecule has 0 aliphatic rings. The van der Waals surface area contributed by atoms with Gasteiger partial charge in [-0.25, -0.2) is 13.2 Å². The maximum absolute atomic E-state index is 12.5. The number of rotatable bonds is 5. The molecule has 2 aromatic carbocycles. The molecule has 0 aliphatic heterocycles. The number of sulfonamides is 1. The number of anilines is 1. The van der Waals surface area contributed by atoms with E-state index in [0.717, 1.165) is 5.56 Å². The van der Waals surface area contributed by atoms with E-state index in [2.05, 4.69) is 4.72 Å². The number of hydrogen-bond donors (Lipinski definition) is 2.